The zero-order chi connectivity index (χ0) is 13.0. The van der Waals surface area contributed by atoms with Crippen LogP contribution < -0.4 is 10.1 Å². The highest BCUT2D eigenvalue weighted by Gasteiger charge is 2.16. The number of nitrogens with zero attached hydrogens (tertiary/aromatic N) is 2. The predicted molar refractivity (Wildman–Crippen MR) is 77.7 cm³/mol. The van der Waals surface area contributed by atoms with Crippen molar-refractivity contribution in [2.75, 3.05) is 26.7 Å². The molecule has 1 atom stereocenters. The lowest BCUT2D eigenvalue weighted by Crippen LogP contribution is -2.48. The third-order valence-corrected chi connectivity index (χ3v) is 3.25. The molecule has 0 radical (unpaired) electrons. The van der Waals surface area contributed by atoms with Crippen molar-refractivity contribution in [3.63, 3.8) is 0 Å². The zero-order valence-corrected chi connectivity index (χ0v) is 12.2. The van der Waals surface area contributed by atoms with Crippen molar-refractivity contribution in [1.82, 2.24) is 10.2 Å². The van der Waals surface area contributed by atoms with Crippen LogP contribution in [0.4, 0.5) is 0 Å². The van der Waals surface area contributed by atoms with E-state index < -0.39 is 0 Å². The van der Waals surface area contributed by atoms with Crippen molar-refractivity contribution in [1.29, 1.82) is 5.26 Å². The minimum atomic E-state index is 0. The van der Waals surface area contributed by atoms with Gasteiger partial charge in [0.15, 0.2) is 0 Å². The number of hydrogen-bond donors (Lipinski definition) is 1. The van der Waals surface area contributed by atoms with Crippen LogP contribution in [0.1, 0.15) is 18.1 Å². The Morgan fingerprint density at radius 2 is 2.32 bits per heavy atom. The summed E-state index contributed by atoms with van der Waals surface area (Å²) in [7, 11) is 1.60. The van der Waals surface area contributed by atoms with Crippen LogP contribution in [-0.4, -0.2) is 37.7 Å². The minimum Gasteiger partial charge on any atom is -0.495 e. The smallest absolute Gasteiger partial charge is 0.136 e. The average molecular weight is 282 g/mol. The van der Waals surface area contributed by atoms with Crippen molar-refractivity contribution in [2.45, 2.75) is 19.5 Å². The van der Waals surface area contributed by atoms with E-state index in [9.17, 15) is 0 Å². The Hall–Kier alpha value is -1.28. The molecule has 0 aliphatic carbocycles. The summed E-state index contributed by atoms with van der Waals surface area (Å²) in [6, 6.07) is 8.48. The quantitative estimate of drug-likeness (QED) is 0.918. The van der Waals surface area contributed by atoms with Crippen molar-refractivity contribution < 1.29 is 4.74 Å². The number of rotatable bonds is 3. The Morgan fingerprint density at radius 1 is 1.53 bits per heavy atom. The first-order valence-corrected chi connectivity index (χ1v) is 6.25. The van der Waals surface area contributed by atoms with Crippen LogP contribution in [-0.2, 0) is 6.54 Å². The number of piperazine rings is 1. The molecule has 19 heavy (non-hydrogen) atoms. The summed E-state index contributed by atoms with van der Waals surface area (Å²) in [5.41, 5.74) is 1.79. The van der Waals surface area contributed by atoms with Crippen LogP contribution in [0.3, 0.4) is 0 Å². The molecule has 0 aromatic heterocycles. The van der Waals surface area contributed by atoms with Crippen molar-refractivity contribution in [3.8, 4) is 11.8 Å². The first-order chi connectivity index (χ1) is 8.72. The Morgan fingerprint density at radius 3 is 2.95 bits per heavy atom. The Kier molecular flexibility index (Phi) is 6.10. The van der Waals surface area contributed by atoms with E-state index in [1.165, 1.54) is 5.56 Å². The molecule has 1 aliphatic heterocycles. The molecule has 1 aromatic carbocycles. The predicted octanol–water partition coefficient (Wildman–Crippen LogP) is 1.78. The second-order valence-electron chi connectivity index (χ2n) is 4.74. The molecule has 0 amide bonds. The van der Waals surface area contributed by atoms with Gasteiger partial charge in [0.05, 0.1) is 12.7 Å². The van der Waals surface area contributed by atoms with Gasteiger partial charge in [-0.3, -0.25) is 4.90 Å². The summed E-state index contributed by atoms with van der Waals surface area (Å²) >= 11 is 0. The van der Waals surface area contributed by atoms with Gasteiger partial charge in [-0.15, -0.1) is 12.4 Å². The van der Waals surface area contributed by atoms with Crippen LogP contribution in [0.15, 0.2) is 18.2 Å². The summed E-state index contributed by atoms with van der Waals surface area (Å²) in [6.45, 7) is 6.27. The van der Waals surface area contributed by atoms with E-state index >= 15 is 0 Å². The van der Waals surface area contributed by atoms with Gasteiger partial charge in [0.2, 0.25) is 0 Å². The number of methoxy groups -OCH3 is 1. The summed E-state index contributed by atoms with van der Waals surface area (Å²) in [5, 5.41) is 12.4. The van der Waals surface area contributed by atoms with Crippen molar-refractivity contribution in [2.24, 2.45) is 0 Å². The van der Waals surface area contributed by atoms with E-state index in [0.29, 0.717) is 17.4 Å². The molecule has 0 bridgehead atoms. The van der Waals surface area contributed by atoms with Gasteiger partial charge in [0, 0.05) is 32.2 Å². The van der Waals surface area contributed by atoms with Crippen LogP contribution >= 0.6 is 12.4 Å². The molecule has 0 unspecified atom stereocenters. The standard InChI is InChI=1S/C14H19N3O.ClH/c1-11-9-17(6-5-16-11)10-12-3-4-13(8-15)14(7-12)18-2;/h3-4,7,11,16H,5-6,9-10H2,1-2H3;1H/t11-;/m0./s1. The van der Waals surface area contributed by atoms with Gasteiger partial charge in [0.25, 0.3) is 0 Å². The molecule has 104 valence electrons. The molecule has 1 N–H and O–H groups in total. The molecule has 0 spiro atoms. The first kappa shape index (κ1) is 15.8. The summed E-state index contributed by atoms with van der Waals surface area (Å²) < 4.78 is 5.23. The molecule has 1 heterocycles. The number of halogens is 1. The molecule has 2 rings (SSSR count). The average Bonchev–Trinajstić information content (AvgIpc) is 2.38. The van der Waals surface area contributed by atoms with Crippen LogP contribution in [0.2, 0.25) is 0 Å². The van der Waals surface area contributed by atoms with Crippen LogP contribution in [0.25, 0.3) is 0 Å². The normalized spacial score (nSPS) is 19.3. The summed E-state index contributed by atoms with van der Waals surface area (Å²) in [4.78, 5) is 2.42. The maximum atomic E-state index is 8.95. The summed E-state index contributed by atoms with van der Waals surface area (Å²) in [6.07, 6.45) is 0. The van der Waals surface area contributed by atoms with E-state index in [-0.39, 0.29) is 12.4 Å². The maximum Gasteiger partial charge on any atom is 0.136 e. The molecule has 4 nitrogen and oxygen atoms in total. The lowest BCUT2D eigenvalue weighted by atomic mass is 10.1. The molecular formula is C14H20ClN3O. The number of ether oxygens (including phenoxy) is 1. The minimum absolute atomic E-state index is 0. The Labute approximate surface area is 120 Å². The SMILES string of the molecule is COc1cc(CN2CCN[C@@H](C)C2)ccc1C#N.Cl. The van der Waals surface area contributed by atoms with Crippen molar-refractivity contribution >= 4 is 12.4 Å². The highest BCUT2D eigenvalue weighted by Crippen LogP contribution is 2.20. The molecule has 5 heteroatoms. The molecule has 1 saturated heterocycles. The highest BCUT2D eigenvalue weighted by atomic mass is 35.5. The second-order valence-corrected chi connectivity index (χ2v) is 4.74. The Balaban J connectivity index is 0.00000180. The highest BCUT2D eigenvalue weighted by molar-refractivity contribution is 5.85. The monoisotopic (exact) mass is 281 g/mol. The number of hydrogen-bond acceptors (Lipinski definition) is 4. The molecule has 1 fully saturated rings. The lowest BCUT2D eigenvalue weighted by molar-refractivity contribution is 0.199. The first-order valence-electron chi connectivity index (χ1n) is 6.25. The van der Waals surface area contributed by atoms with Crippen molar-refractivity contribution in [3.05, 3.63) is 29.3 Å². The molecule has 1 aliphatic rings. The van der Waals surface area contributed by atoms with E-state index in [2.05, 4.69) is 23.2 Å². The van der Waals surface area contributed by atoms with E-state index in [4.69, 9.17) is 10.00 Å². The summed E-state index contributed by atoms with van der Waals surface area (Å²) in [5.74, 6) is 0.665. The van der Waals surface area contributed by atoms with Gasteiger partial charge in [-0.1, -0.05) is 6.07 Å². The van der Waals surface area contributed by atoms with Crippen LogP contribution in [0, 0.1) is 11.3 Å². The van der Waals surface area contributed by atoms with Gasteiger partial charge in [-0.25, -0.2) is 0 Å². The number of nitriles is 1. The van der Waals surface area contributed by atoms with Gasteiger partial charge in [-0.2, -0.15) is 5.26 Å². The number of nitrogens with one attached hydrogen (secondary N) is 1. The fourth-order valence-corrected chi connectivity index (χ4v) is 2.34. The van der Waals surface area contributed by atoms with Crippen LogP contribution in [0.5, 0.6) is 5.75 Å². The third kappa shape index (κ3) is 4.10. The van der Waals surface area contributed by atoms with Gasteiger partial charge < -0.3 is 10.1 Å². The topological polar surface area (TPSA) is 48.3 Å². The third-order valence-electron chi connectivity index (χ3n) is 3.25. The van der Waals surface area contributed by atoms with E-state index in [1.807, 2.05) is 18.2 Å². The van der Waals surface area contributed by atoms with E-state index in [0.717, 1.165) is 26.2 Å². The molecule has 1 aromatic rings. The fraction of sp³-hybridized carbons (Fsp3) is 0.500. The van der Waals surface area contributed by atoms with Gasteiger partial charge in [-0.05, 0) is 24.6 Å². The molecule has 0 saturated carbocycles. The zero-order valence-electron chi connectivity index (χ0n) is 11.3. The molecular weight excluding hydrogens is 262 g/mol. The van der Waals surface area contributed by atoms with Gasteiger partial charge >= 0.3 is 0 Å². The largest absolute Gasteiger partial charge is 0.495 e. The fourth-order valence-electron chi connectivity index (χ4n) is 2.34. The lowest BCUT2D eigenvalue weighted by Gasteiger charge is -2.31. The number of benzene rings is 1. The van der Waals surface area contributed by atoms with Gasteiger partial charge in [0.1, 0.15) is 11.8 Å². The second kappa shape index (κ2) is 7.34. The van der Waals surface area contributed by atoms with E-state index in [1.54, 1.807) is 7.11 Å². The maximum absolute atomic E-state index is 8.95. The Bertz CT molecular complexity index is 458.